The van der Waals surface area contributed by atoms with Gasteiger partial charge in [0.05, 0.1) is 10.6 Å². The molecule has 5 nitrogen and oxygen atoms in total. The van der Waals surface area contributed by atoms with Crippen molar-refractivity contribution in [3.8, 4) is 0 Å². The van der Waals surface area contributed by atoms with E-state index in [0.29, 0.717) is 21.4 Å². The Balaban J connectivity index is 2.98. The van der Waals surface area contributed by atoms with E-state index in [1.165, 1.54) is 17.4 Å². The summed E-state index contributed by atoms with van der Waals surface area (Å²) in [5.74, 6) is 0.246. The lowest BCUT2D eigenvalue weighted by Crippen LogP contribution is -2.21. The molecule has 0 aromatic carbocycles. The number of nitrogens with one attached hydrogen (secondary N) is 1. The number of ketones is 1. The average Bonchev–Trinajstić information content (AvgIpc) is 2.66. The molecule has 0 saturated heterocycles. The minimum atomic E-state index is -0.0727. The Morgan fingerprint density at radius 1 is 1.33 bits per heavy atom. The van der Waals surface area contributed by atoms with Gasteiger partial charge in [0, 0.05) is 40.5 Å². The standard InChI is InChI=1S/C12H18N4OS/c1-8-10(9(17)6-7-15(2)3)18-12(14-8)11(13)16(4)5/h6-7,13H,1-5H3/b7-6+,13-11?. The second-order valence-corrected chi connectivity index (χ2v) is 5.32. The van der Waals surface area contributed by atoms with E-state index in [1.807, 2.05) is 14.1 Å². The molecule has 0 aliphatic rings. The third-order valence-electron chi connectivity index (χ3n) is 2.19. The van der Waals surface area contributed by atoms with E-state index < -0.39 is 0 Å². The van der Waals surface area contributed by atoms with Crippen LogP contribution < -0.4 is 0 Å². The third kappa shape index (κ3) is 3.40. The van der Waals surface area contributed by atoms with Gasteiger partial charge in [-0.3, -0.25) is 10.2 Å². The number of allylic oxidation sites excluding steroid dienone is 1. The maximum atomic E-state index is 11.9. The number of carbonyl (C=O) groups is 1. The second-order valence-electron chi connectivity index (χ2n) is 4.32. The summed E-state index contributed by atoms with van der Waals surface area (Å²) in [6, 6.07) is 0. The zero-order valence-electron chi connectivity index (χ0n) is 11.3. The lowest BCUT2D eigenvalue weighted by Gasteiger charge is -2.09. The molecule has 0 fully saturated rings. The Bertz CT molecular complexity index is 488. The van der Waals surface area contributed by atoms with Crippen molar-refractivity contribution in [2.24, 2.45) is 0 Å². The summed E-state index contributed by atoms with van der Waals surface area (Å²) in [5.41, 5.74) is 0.676. The van der Waals surface area contributed by atoms with Crippen LogP contribution in [0.1, 0.15) is 20.4 Å². The molecule has 1 rings (SSSR count). The fraction of sp³-hybridized carbons (Fsp3) is 0.417. The Labute approximate surface area is 111 Å². The lowest BCUT2D eigenvalue weighted by molar-refractivity contribution is 0.104. The highest BCUT2D eigenvalue weighted by molar-refractivity contribution is 7.15. The molecule has 0 bridgehead atoms. The molecule has 6 heteroatoms. The van der Waals surface area contributed by atoms with Crippen LogP contribution in [-0.2, 0) is 0 Å². The summed E-state index contributed by atoms with van der Waals surface area (Å²) in [6.45, 7) is 1.79. The zero-order chi connectivity index (χ0) is 13.9. The first-order valence-electron chi connectivity index (χ1n) is 5.45. The van der Waals surface area contributed by atoms with Gasteiger partial charge in [0.1, 0.15) is 0 Å². The maximum absolute atomic E-state index is 11.9. The first kappa shape index (κ1) is 14.4. The molecule has 1 aromatic heterocycles. The molecule has 0 spiro atoms. The van der Waals surface area contributed by atoms with Crippen LogP contribution in [0.4, 0.5) is 0 Å². The molecule has 0 atom stereocenters. The topological polar surface area (TPSA) is 60.3 Å². The van der Waals surface area contributed by atoms with Crippen LogP contribution in [0.5, 0.6) is 0 Å². The van der Waals surface area contributed by atoms with E-state index in [-0.39, 0.29) is 5.78 Å². The predicted molar refractivity (Wildman–Crippen MR) is 74.5 cm³/mol. The van der Waals surface area contributed by atoms with Crippen molar-refractivity contribution in [1.29, 1.82) is 5.41 Å². The van der Waals surface area contributed by atoms with E-state index in [1.54, 1.807) is 37.0 Å². The lowest BCUT2D eigenvalue weighted by atomic mass is 10.3. The Hall–Kier alpha value is -1.69. The van der Waals surface area contributed by atoms with Crippen molar-refractivity contribution in [1.82, 2.24) is 14.8 Å². The van der Waals surface area contributed by atoms with Gasteiger partial charge in [-0.1, -0.05) is 0 Å². The van der Waals surface area contributed by atoms with Crippen LogP contribution in [0, 0.1) is 12.3 Å². The molecule has 0 aliphatic carbocycles. The van der Waals surface area contributed by atoms with Crippen molar-refractivity contribution in [2.45, 2.75) is 6.92 Å². The van der Waals surface area contributed by atoms with Crippen LogP contribution in [0.15, 0.2) is 12.3 Å². The maximum Gasteiger partial charge on any atom is 0.199 e. The van der Waals surface area contributed by atoms with Crippen molar-refractivity contribution in [3.63, 3.8) is 0 Å². The van der Waals surface area contributed by atoms with Crippen LogP contribution in [0.25, 0.3) is 0 Å². The van der Waals surface area contributed by atoms with Crippen LogP contribution in [-0.4, -0.2) is 54.6 Å². The van der Waals surface area contributed by atoms with Crippen LogP contribution >= 0.6 is 11.3 Å². The Morgan fingerprint density at radius 3 is 2.44 bits per heavy atom. The monoisotopic (exact) mass is 266 g/mol. The SMILES string of the molecule is Cc1nc(C(=N)N(C)C)sc1C(=O)/C=C/N(C)C. The van der Waals surface area contributed by atoms with Crippen molar-refractivity contribution in [2.75, 3.05) is 28.2 Å². The molecule has 0 aliphatic heterocycles. The number of nitrogens with zero attached hydrogens (tertiary/aromatic N) is 3. The quantitative estimate of drug-likeness (QED) is 0.389. The molecule has 1 heterocycles. The average molecular weight is 266 g/mol. The first-order chi connectivity index (χ1) is 8.32. The van der Waals surface area contributed by atoms with E-state index >= 15 is 0 Å². The van der Waals surface area contributed by atoms with Crippen molar-refractivity contribution >= 4 is 23.0 Å². The number of thiazole rings is 1. The number of aromatic nitrogens is 1. The summed E-state index contributed by atoms with van der Waals surface area (Å²) in [5, 5.41) is 8.41. The van der Waals surface area contributed by atoms with E-state index in [4.69, 9.17) is 5.41 Å². The highest BCUT2D eigenvalue weighted by Gasteiger charge is 2.16. The van der Waals surface area contributed by atoms with E-state index in [2.05, 4.69) is 4.98 Å². The highest BCUT2D eigenvalue weighted by Crippen LogP contribution is 2.20. The number of hydrogen-bond acceptors (Lipinski definition) is 5. The van der Waals surface area contributed by atoms with Gasteiger partial charge in [0.25, 0.3) is 0 Å². The fourth-order valence-corrected chi connectivity index (χ4v) is 2.23. The van der Waals surface area contributed by atoms with Crippen molar-refractivity contribution < 1.29 is 4.79 Å². The van der Waals surface area contributed by atoms with Gasteiger partial charge in [0.15, 0.2) is 16.6 Å². The van der Waals surface area contributed by atoms with E-state index in [0.717, 1.165) is 0 Å². The number of amidine groups is 1. The molecular formula is C12H18N4OS. The molecule has 0 saturated carbocycles. The fourth-order valence-electron chi connectivity index (χ4n) is 1.21. The summed E-state index contributed by atoms with van der Waals surface area (Å²) < 4.78 is 0. The van der Waals surface area contributed by atoms with Gasteiger partial charge in [-0.05, 0) is 6.92 Å². The second kappa shape index (κ2) is 5.77. The third-order valence-corrected chi connectivity index (χ3v) is 3.37. The number of carbonyl (C=O) groups excluding carboxylic acids is 1. The normalized spacial score (nSPS) is 10.7. The number of aryl methyl sites for hydroxylation is 1. The molecule has 0 amide bonds. The molecule has 0 unspecified atom stereocenters. The summed E-state index contributed by atoms with van der Waals surface area (Å²) in [7, 11) is 7.28. The smallest absolute Gasteiger partial charge is 0.199 e. The molecule has 18 heavy (non-hydrogen) atoms. The van der Waals surface area contributed by atoms with Gasteiger partial charge in [-0.25, -0.2) is 4.98 Å². The first-order valence-corrected chi connectivity index (χ1v) is 6.27. The molecular weight excluding hydrogens is 248 g/mol. The summed E-state index contributed by atoms with van der Waals surface area (Å²) in [4.78, 5) is 20.3. The summed E-state index contributed by atoms with van der Waals surface area (Å²) in [6.07, 6.45) is 3.22. The highest BCUT2D eigenvalue weighted by atomic mass is 32.1. The van der Waals surface area contributed by atoms with E-state index in [9.17, 15) is 4.79 Å². The van der Waals surface area contributed by atoms with Gasteiger partial charge in [0.2, 0.25) is 0 Å². The minimum absolute atomic E-state index is 0.0727. The molecule has 0 radical (unpaired) electrons. The Kier molecular flexibility index (Phi) is 4.61. The minimum Gasteiger partial charge on any atom is -0.383 e. The molecule has 1 aromatic rings. The largest absolute Gasteiger partial charge is 0.383 e. The van der Waals surface area contributed by atoms with Gasteiger partial charge in [-0.2, -0.15) is 0 Å². The number of rotatable bonds is 4. The molecule has 98 valence electrons. The van der Waals surface area contributed by atoms with Gasteiger partial charge >= 0.3 is 0 Å². The van der Waals surface area contributed by atoms with Crippen molar-refractivity contribution in [3.05, 3.63) is 27.9 Å². The molecule has 1 N–H and O–H groups in total. The predicted octanol–water partition coefficient (Wildman–Crippen LogP) is 1.60. The zero-order valence-corrected chi connectivity index (χ0v) is 12.1. The van der Waals surface area contributed by atoms with Crippen LogP contribution in [0.3, 0.4) is 0 Å². The van der Waals surface area contributed by atoms with Gasteiger partial charge < -0.3 is 9.80 Å². The Morgan fingerprint density at radius 2 is 1.94 bits per heavy atom. The summed E-state index contributed by atoms with van der Waals surface area (Å²) >= 11 is 1.26. The van der Waals surface area contributed by atoms with Gasteiger partial charge in [-0.15, -0.1) is 11.3 Å². The van der Waals surface area contributed by atoms with Crippen LogP contribution in [0.2, 0.25) is 0 Å². The number of hydrogen-bond donors (Lipinski definition) is 1.